The monoisotopic (exact) mass is 604 g/mol. The first-order valence-electron chi connectivity index (χ1n) is 13.7. The molecule has 0 unspecified atom stereocenters. The van der Waals surface area contributed by atoms with E-state index in [1.807, 2.05) is 62.1 Å². The fourth-order valence-electron chi connectivity index (χ4n) is 4.96. The first-order chi connectivity index (χ1) is 19.5. The lowest BCUT2D eigenvalue weighted by molar-refractivity contribution is -0.129. The molecule has 41 heavy (non-hydrogen) atoms. The van der Waals surface area contributed by atoms with Crippen molar-refractivity contribution < 1.29 is 28.5 Å². The summed E-state index contributed by atoms with van der Waals surface area (Å²) in [4.78, 5) is 31.6. The molecule has 2 amide bonds. The number of carbonyl (C=O) groups excluding carboxylic acids is 2. The number of carbonyl (C=O) groups is 2. The van der Waals surface area contributed by atoms with E-state index >= 15 is 0 Å². The van der Waals surface area contributed by atoms with Gasteiger partial charge in [0.15, 0.2) is 0 Å². The maximum Gasteiger partial charge on any atom is 0.410 e. The second kappa shape index (κ2) is 13.5. The van der Waals surface area contributed by atoms with Crippen LogP contribution in [0.4, 0.5) is 4.79 Å². The first kappa shape index (κ1) is 31.2. The van der Waals surface area contributed by atoms with Crippen molar-refractivity contribution in [2.75, 3.05) is 34.2 Å². The molecule has 222 valence electrons. The summed E-state index contributed by atoms with van der Waals surface area (Å²) in [6.45, 7) is 6.18. The van der Waals surface area contributed by atoms with Crippen LogP contribution >= 0.6 is 23.2 Å². The highest BCUT2D eigenvalue weighted by molar-refractivity contribution is 6.42. The Kier molecular flexibility index (Phi) is 10.2. The van der Waals surface area contributed by atoms with Crippen LogP contribution in [0.3, 0.4) is 0 Å². The number of benzene rings is 2. The number of halogens is 2. The molecule has 1 aliphatic carbocycles. The van der Waals surface area contributed by atoms with Crippen molar-refractivity contribution in [2.24, 2.45) is 0 Å². The summed E-state index contributed by atoms with van der Waals surface area (Å²) in [7, 11) is 3.14. The largest absolute Gasteiger partial charge is 0.497 e. The van der Waals surface area contributed by atoms with Gasteiger partial charge in [-0.15, -0.1) is 0 Å². The zero-order valence-electron chi connectivity index (χ0n) is 24.2. The van der Waals surface area contributed by atoms with Crippen molar-refractivity contribution in [3.8, 4) is 5.75 Å². The van der Waals surface area contributed by atoms with Gasteiger partial charge in [-0.3, -0.25) is 9.69 Å². The Labute approximate surface area is 252 Å². The minimum absolute atomic E-state index is 0.0163. The zero-order chi connectivity index (χ0) is 29.7. The molecule has 1 heterocycles. The molecule has 2 aliphatic rings. The molecule has 0 aromatic heterocycles. The van der Waals surface area contributed by atoms with Crippen LogP contribution in [0.5, 0.6) is 5.75 Å². The van der Waals surface area contributed by atoms with E-state index in [4.69, 9.17) is 42.1 Å². The van der Waals surface area contributed by atoms with Gasteiger partial charge in [0.2, 0.25) is 0 Å². The highest BCUT2D eigenvalue weighted by Gasteiger charge is 2.43. The molecule has 2 aromatic carbocycles. The number of hydrogen-bond acceptors (Lipinski definition) is 6. The SMILES string of the molecule is COCOC[C@@H]1C(C(=O)N(Cc2cccc(Cl)c2Cl)C2CC2)=C(c2ccc(OC)cc2)CCN1C(=O)OC(C)(C)C. The Morgan fingerprint density at radius 3 is 2.37 bits per heavy atom. The van der Waals surface area contributed by atoms with Crippen molar-refractivity contribution in [3.63, 3.8) is 0 Å². The number of rotatable bonds is 10. The highest BCUT2D eigenvalue weighted by Crippen LogP contribution is 2.38. The van der Waals surface area contributed by atoms with Crippen molar-refractivity contribution in [1.29, 1.82) is 0 Å². The molecule has 8 nitrogen and oxygen atoms in total. The maximum absolute atomic E-state index is 14.7. The van der Waals surface area contributed by atoms with Crippen LogP contribution in [0.2, 0.25) is 10.0 Å². The van der Waals surface area contributed by atoms with Crippen LogP contribution in [-0.2, 0) is 25.5 Å². The minimum Gasteiger partial charge on any atom is -0.497 e. The standard InChI is InChI=1S/C31H38Cl2N2O6/c1-31(2,3)41-30(37)34-16-15-24(20-9-13-23(39-5)14-10-20)27(26(34)18-40-19-38-4)29(36)35(22-11-12-22)17-21-7-6-8-25(32)28(21)33/h6-10,13-14,22,26H,11-12,15-19H2,1-5H3/t26-/m1/s1. The molecule has 1 saturated carbocycles. The number of methoxy groups -OCH3 is 2. The molecule has 2 aromatic rings. The van der Waals surface area contributed by atoms with Gasteiger partial charge in [-0.05, 0) is 74.9 Å². The molecule has 0 spiro atoms. The minimum atomic E-state index is -0.706. The van der Waals surface area contributed by atoms with Gasteiger partial charge >= 0.3 is 6.09 Å². The second-order valence-corrected chi connectivity index (χ2v) is 12.0. The van der Waals surface area contributed by atoms with E-state index in [2.05, 4.69) is 0 Å². The van der Waals surface area contributed by atoms with E-state index in [1.54, 1.807) is 18.1 Å². The van der Waals surface area contributed by atoms with Crippen LogP contribution < -0.4 is 4.74 Å². The number of amides is 2. The average molecular weight is 606 g/mol. The third-order valence-corrected chi connectivity index (χ3v) is 7.89. The van der Waals surface area contributed by atoms with Gasteiger partial charge in [0.1, 0.15) is 18.1 Å². The lowest BCUT2D eigenvalue weighted by Crippen LogP contribution is -2.52. The van der Waals surface area contributed by atoms with Gasteiger partial charge in [0.25, 0.3) is 5.91 Å². The molecule has 0 N–H and O–H groups in total. The van der Waals surface area contributed by atoms with Gasteiger partial charge in [0.05, 0.1) is 29.8 Å². The predicted octanol–water partition coefficient (Wildman–Crippen LogP) is 6.58. The third kappa shape index (κ3) is 7.74. The molecule has 0 bridgehead atoms. The van der Waals surface area contributed by atoms with E-state index in [0.29, 0.717) is 40.9 Å². The Balaban J connectivity index is 1.81. The fraction of sp³-hybridized carbons (Fsp3) is 0.484. The predicted molar refractivity (Wildman–Crippen MR) is 159 cm³/mol. The summed E-state index contributed by atoms with van der Waals surface area (Å²) in [5.41, 5.74) is 2.28. The van der Waals surface area contributed by atoms with Crippen molar-refractivity contribution in [2.45, 2.75) is 64.3 Å². The van der Waals surface area contributed by atoms with Gasteiger partial charge in [-0.25, -0.2) is 4.79 Å². The van der Waals surface area contributed by atoms with E-state index in [1.165, 1.54) is 7.11 Å². The normalized spacial score (nSPS) is 17.4. The Morgan fingerprint density at radius 2 is 1.76 bits per heavy atom. The van der Waals surface area contributed by atoms with Crippen LogP contribution in [0.1, 0.15) is 51.2 Å². The molecule has 1 aliphatic heterocycles. The summed E-state index contributed by atoms with van der Waals surface area (Å²) in [6.07, 6.45) is 1.73. The van der Waals surface area contributed by atoms with Crippen LogP contribution in [0, 0.1) is 0 Å². The topological polar surface area (TPSA) is 77.5 Å². The lowest BCUT2D eigenvalue weighted by atomic mass is 9.87. The quantitative estimate of drug-likeness (QED) is 0.225. The number of hydrogen-bond donors (Lipinski definition) is 0. The second-order valence-electron chi connectivity index (χ2n) is 11.2. The molecule has 0 radical (unpaired) electrons. The van der Waals surface area contributed by atoms with Crippen molar-refractivity contribution in [3.05, 3.63) is 69.2 Å². The summed E-state index contributed by atoms with van der Waals surface area (Å²) < 4.78 is 22.1. The van der Waals surface area contributed by atoms with E-state index < -0.39 is 17.7 Å². The first-order valence-corrected chi connectivity index (χ1v) is 14.5. The van der Waals surface area contributed by atoms with E-state index in [0.717, 1.165) is 29.5 Å². The Morgan fingerprint density at radius 1 is 1.05 bits per heavy atom. The highest BCUT2D eigenvalue weighted by atomic mass is 35.5. The van der Waals surface area contributed by atoms with Crippen LogP contribution in [0.25, 0.3) is 5.57 Å². The number of nitrogens with zero attached hydrogens (tertiary/aromatic N) is 2. The summed E-state index contributed by atoms with van der Waals surface area (Å²) in [6, 6.07) is 12.4. The van der Waals surface area contributed by atoms with E-state index in [9.17, 15) is 9.59 Å². The fourth-order valence-corrected chi connectivity index (χ4v) is 5.34. The average Bonchev–Trinajstić information content (AvgIpc) is 3.78. The summed E-state index contributed by atoms with van der Waals surface area (Å²) >= 11 is 12.9. The molecular weight excluding hydrogens is 567 g/mol. The van der Waals surface area contributed by atoms with Crippen LogP contribution in [0.15, 0.2) is 48.0 Å². The van der Waals surface area contributed by atoms with Gasteiger partial charge < -0.3 is 23.8 Å². The molecule has 4 rings (SSSR count). The van der Waals surface area contributed by atoms with Crippen molar-refractivity contribution >= 4 is 40.8 Å². The third-order valence-electron chi connectivity index (χ3n) is 7.03. The Bertz CT molecular complexity index is 1270. The van der Waals surface area contributed by atoms with Crippen molar-refractivity contribution in [1.82, 2.24) is 9.80 Å². The van der Waals surface area contributed by atoms with Gasteiger partial charge in [0, 0.05) is 31.8 Å². The summed E-state index contributed by atoms with van der Waals surface area (Å²) in [5, 5.41) is 0.862. The zero-order valence-corrected chi connectivity index (χ0v) is 25.8. The summed E-state index contributed by atoms with van der Waals surface area (Å²) in [5.74, 6) is 0.539. The Hall–Kier alpha value is -2.78. The smallest absolute Gasteiger partial charge is 0.410 e. The van der Waals surface area contributed by atoms with E-state index in [-0.39, 0.29) is 25.3 Å². The van der Waals surface area contributed by atoms with Crippen LogP contribution in [-0.4, -0.2) is 73.6 Å². The molecule has 1 atom stereocenters. The molecule has 0 saturated heterocycles. The maximum atomic E-state index is 14.7. The lowest BCUT2D eigenvalue weighted by Gasteiger charge is -2.40. The molecular formula is C31H38Cl2N2O6. The molecule has 1 fully saturated rings. The van der Waals surface area contributed by atoms with Gasteiger partial charge in [-0.2, -0.15) is 0 Å². The number of ether oxygens (including phenoxy) is 4. The molecule has 10 heteroatoms. The van der Waals surface area contributed by atoms with Gasteiger partial charge in [-0.1, -0.05) is 47.5 Å².